The summed E-state index contributed by atoms with van der Waals surface area (Å²) in [4.78, 5) is 23.8. The Balaban J connectivity index is 1.75. The first-order valence-electron chi connectivity index (χ1n) is 8.11. The number of amides is 2. The third-order valence-corrected chi connectivity index (χ3v) is 4.06. The Hall–Kier alpha value is -2.87. The van der Waals surface area contributed by atoms with Gasteiger partial charge in [0.05, 0.1) is 19.2 Å². The molecule has 0 saturated heterocycles. The van der Waals surface area contributed by atoms with Gasteiger partial charge >= 0.3 is 0 Å². The first-order chi connectivity index (χ1) is 13.0. The van der Waals surface area contributed by atoms with E-state index in [0.29, 0.717) is 22.9 Å². The first-order valence-corrected chi connectivity index (χ1v) is 8.90. The van der Waals surface area contributed by atoms with E-state index in [-0.39, 0.29) is 18.9 Å². The fourth-order valence-electron chi connectivity index (χ4n) is 2.04. The number of carbonyl (C=O) groups is 2. The van der Waals surface area contributed by atoms with E-state index in [2.05, 4.69) is 31.8 Å². The number of ether oxygens (including phenoxy) is 2. The summed E-state index contributed by atoms with van der Waals surface area (Å²) in [6, 6.07) is 14.2. The lowest BCUT2D eigenvalue weighted by Crippen LogP contribution is -2.26. The van der Waals surface area contributed by atoms with E-state index >= 15 is 0 Å². The smallest absolute Gasteiger partial charge is 0.277 e. The van der Waals surface area contributed by atoms with E-state index in [4.69, 9.17) is 9.47 Å². The van der Waals surface area contributed by atoms with Gasteiger partial charge in [0.1, 0.15) is 11.5 Å². The number of halogens is 1. The maximum absolute atomic E-state index is 12.0. The number of nitrogens with one attached hydrogen (secondary N) is 2. The van der Waals surface area contributed by atoms with Crippen molar-refractivity contribution in [1.29, 1.82) is 0 Å². The van der Waals surface area contributed by atoms with Crippen LogP contribution in [0.2, 0.25) is 0 Å². The summed E-state index contributed by atoms with van der Waals surface area (Å²) >= 11 is 3.36. The lowest BCUT2D eigenvalue weighted by Gasteiger charge is -2.08. The molecule has 2 N–H and O–H groups in total. The van der Waals surface area contributed by atoms with Crippen molar-refractivity contribution in [2.75, 3.05) is 19.0 Å². The van der Waals surface area contributed by atoms with Gasteiger partial charge in [0.2, 0.25) is 5.91 Å². The number of benzene rings is 2. The Labute approximate surface area is 165 Å². The summed E-state index contributed by atoms with van der Waals surface area (Å²) in [7, 11) is 1.57. The molecule has 0 atom stereocenters. The predicted molar refractivity (Wildman–Crippen MR) is 107 cm³/mol. The molecule has 2 rings (SSSR count). The third kappa shape index (κ3) is 7.10. The van der Waals surface area contributed by atoms with E-state index in [1.807, 2.05) is 18.2 Å². The van der Waals surface area contributed by atoms with Crippen LogP contribution in [0.15, 0.2) is 58.1 Å². The molecule has 0 unspecified atom stereocenters. The molecule has 2 amide bonds. The van der Waals surface area contributed by atoms with Gasteiger partial charge in [0.15, 0.2) is 6.61 Å². The zero-order valence-electron chi connectivity index (χ0n) is 15.0. The lowest BCUT2D eigenvalue weighted by molar-refractivity contribution is -0.123. The van der Waals surface area contributed by atoms with Crippen molar-refractivity contribution in [2.24, 2.45) is 5.10 Å². The average molecular weight is 434 g/mol. The molecule has 0 aromatic heterocycles. The molecule has 2 aromatic rings. The molecule has 7 nitrogen and oxygen atoms in total. The van der Waals surface area contributed by atoms with Gasteiger partial charge < -0.3 is 14.8 Å². The standard InChI is InChI=1S/C19H20BrN3O4/c1-13(11-18(24)21-17-6-4-3-5-16(17)20)22-23-19(25)12-27-15-9-7-14(26-2)8-10-15/h3-10H,11-12H2,1-2H3,(H,21,24)(H,23,25)/b22-13-. The van der Waals surface area contributed by atoms with Crippen LogP contribution in [0.1, 0.15) is 13.3 Å². The topological polar surface area (TPSA) is 89.0 Å². The molecule has 8 heteroatoms. The van der Waals surface area contributed by atoms with Gasteiger partial charge in [-0.1, -0.05) is 12.1 Å². The molecule has 0 aliphatic heterocycles. The molecule has 0 radical (unpaired) electrons. The number of hydrazone groups is 1. The fraction of sp³-hybridized carbons (Fsp3) is 0.211. The number of hydrogen-bond acceptors (Lipinski definition) is 5. The zero-order chi connectivity index (χ0) is 19.6. The number of anilines is 1. The van der Waals surface area contributed by atoms with Gasteiger partial charge in [-0.05, 0) is 59.3 Å². The number of para-hydroxylation sites is 1. The van der Waals surface area contributed by atoms with Crippen molar-refractivity contribution in [3.8, 4) is 11.5 Å². The van der Waals surface area contributed by atoms with Crippen molar-refractivity contribution in [1.82, 2.24) is 5.43 Å². The summed E-state index contributed by atoms with van der Waals surface area (Å²) in [5.74, 6) is 0.593. The van der Waals surface area contributed by atoms with Gasteiger partial charge in [-0.25, -0.2) is 5.43 Å². The molecule has 0 bridgehead atoms. The van der Waals surface area contributed by atoms with Crippen molar-refractivity contribution < 1.29 is 19.1 Å². The third-order valence-electron chi connectivity index (χ3n) is 3.37. The lowest BCUT2D eigenvalue weighted by atomic mass is 10.2. The molecule has 0 aliphatic rings. The minimum Gasteiger partial charge on any atom is -0.497 e. The highest BCUT2D eigenvalue weighted by molar-refractivity contribution is 9.10. The molecule has 0 spiro atoms. The van der Waals surface area contributed by atoms with Crippen molar-refractivity contribution in [2.45, 2.75) is 13.3 Å². The number of rotatable bonds is 8. The number of nitrogens with zero attached hydrogens (tertiary/aromatic N) is 1. The van der Waals surface area contributed by atoms with Gasteiger partial charge in [0.25, 0.3) is 5.91 Å². The quantitative estimate of drug-likeness (QED) is 0.493. The highest BCUT2D eigenvalue weighted by Crippen LogP contribution is 2.21. The monoisotopic (exact) mass is 433 g/mol. The Morgan fingerprint density at radius 1 is 1.04 bits per heavy atom. The van der Waals surface area contributed by atoms with E-state index in [9.17, 15) is 9.59 Å². The van der Waals surface area contributed by atoms with E-state index in [1.54, 1.807) is 44.4 Å². The van der Waals surface area contributed by atoms with Crippen LogP contribution in [0.5, 0.6) is 11.5 Å². The van der Waals surface area contributed by atoms with Crippen LogP contribution < -0.4 is 20.2 Å². The largest absolute Gasteiger partial charge is 0.497 e. The van der Waals surface area contributed by atoms with Gasteiger partial charge in [-0.3, -0.25) is 9.59 Å². The molecule has 142 valence electrons. The minimum absolute atomic E-state index is 0.0565. The SMILES string of the molecule is COc1ccc(OCC(=O)N/N=C(/C)CC(=O)Nc2ccccc2Br)cc1. The molecule has 0 fully saturated rings. The first kappa shape index (κ1) is 20.4. The van der Waals surface area contributed by atoms with Crippen LogP contribution in [0.4, 0.5) is 5.69 Å². The second-order valence-electron chi connectivity index (χ2n) is 5.55. The number of methoxy groups -OCH3 is 1. The summed E-state index contributed by atoms with van der Waals surface area (Å²) < 4.78 is 11.2. The highest BCUT2D eigenvalue weighted by atomic mass is 79.9. The van der Waals surface area contributed by atoms with E-state index in [1.165, 1.54) is 0 Å². The second kappa shape index (κ2) is 10.3. The van der Waals surface area contributed by atoms with Crippen LogP contribution in [0.3, 0.4) is 0 Å². The highest BCUT2D eigenvalue weighted by Gasteiger charge is 2.08. The van der Waals surface area contributed by atoms with E-state index < -0.39 is 5.91 Å². The van der Waals surface area contributed by atoms with Crippen LogP contribution in [-0.4, -0.2) is 31.2 Å². The molecule has 0 saturated carbocycles. The maximum atomic E-state index is 12.0. The number of carbonyl (C=O) groups excluding carboxylic acids is 2. The normalized spacial score (nSPS) is 10.9. The summed E-state index contributed by atoms with van der Waals surface area (Å²) in [6.07, 6.45) is 0.0565. The number of hydrogen-bond donors (Lipinski definition) is 2. The molecular formula is C19H20BrN3O4. The molecule has 27 heavy (non-hydrogen) atoms. The van der Waals surface area contributed by atoms with Crippen LogP contribution in [-0.2, 0) is 9.59 Å². The average Bonchev–Trinajstić information content (AvgIpc) is 2.67. The zero-order valence-corrected chi connectivity index (χ0v) is 16.6. The van der Waals surface area contributed by atoms with E-state index in [0.717, 1.165) is 4.47 Å². The maximum Gasteiger partial charge on any atom is 0.277 e. The fourth-order valence-corrected chi connectivity index (χ4v) is 2.42. The molecule has 0 aliphatic carbocycles. The van der Waals surface area contributed by atoms with Crippen molar-refractivity contribution >= 4 is 39.1 Å². The molecule has 0 heterocycles. The Morgan fingerprint density at radius 2 is 1.70 bits per heavy atom. The van der Waals surface area contributed by atoms with Crippen molar-refractivity contribution in [3.05, 3.63) is 53.0 Å². The van der Waals surface area contributed by atoms with Gasteiger partial charge in [-0.2, -0.15) is 5.10 Å². The Morgan fingerprint density at radius 3 is 2.37 bits per heavy atom. The molecule has 2 aromatic carbocycles. The van der Waals surface area contributed by atoms with Gasteiger partial charge in [0, 0.05) is 10.2 Å². The van der Waals surface area contributed by atoms with Crippen LogP contribution in [0.25, 0.3) is 0 Å². The molecular weight excluding hydrogens is 414 g/mol. The Kier molecular flexibility index (Phi) is 7.81. The van der Waals surface area contributed by atoms with Crippen LogP contribution >= 0.6 is 15.9 Å². The Bertz CT molecular complexity index is 822. The summed E-state index contributed by atoms with van der Waals surface area (Å²) in [6.45, 7) is 1.47. The second-order valence-corrected chi connectivity index (χ2v) is 6.41. The van der Waals surface area contributed by atoms with Crippen LogP contribution in [0, 0.1) is 0 Å². The minimum atomic E-state index is -0.420. The summed E-state index contributed by atoms with van der Waals surface area (Å²) in [5, 5.41) is 6.68. The summed E-state index contributed by atoms with van der Waals surface area (Å²) in [5.41, 5.74) is 3.51. The van der Waals surface area contributed by atoms with Crippen molar-refractivity contribution in [3.63, 3.8) is 0 Å². The predicted octanol–water partition coefficient (Wildman–Crippen LogP) is 3.36. The van der Waals surface area contributed by atoms with Gasteiger partial charge in [-0.15, -0.1) is 0 Å².